The van der Waals surface area contributed by atoms with E-state index in [0.717, 1.165) is 28.8 Å². The van der Waals surface area contributed by atoms with Crippen molar-refractivity contribution in [3.8, 4) is 5.75 Å². The summed E-state index contributed by atoms with van der Waals surface area (Å²) in [5.74, 6) is -1.13. The number of aliphatic carboxylic acids is 1. The van der Waals surface area contributed by atoms with Crippen LogP contribution in [0.25, 0.3) is 5.57 Å². The van der Waals surface area contributed by atoms with E-state index in [4.69, 9.17) is 14.9 Å². The van der Waals surface area contributed by atoms with Gasteiger partial charge in [0.1, 0.15) is 12.0 Å². The second-order valence-electron chi connectivity index (χ2n) is 10.1. The fourth-order valence-corrected chi connectivity index (χ4v) is 4.80. The zero-order valence-electron chi connectivity index (χ0n) is 22.9. The van der Waals surface area contributed by atoms with Gasteiger partial charge in [-0.3, -0.25) is 9.59 Å². The Hall–Kier alpha value is -3.65. The summed E-state index contributed by atoms with van der Waals surface area (Å²) in [5, 5.41) is 10.2. The summed E-state index contributed by atoms with van der Waals surface area (Å²) in [7, 11) is 0. The number of amides is 1. The highest BCUT2D eigenvalue weighted by atomic mass is 16.5. The van der Waals surface area contributed by atoms with Crippen LogP contribution in [0.15, 0.2) is 59.3 Å². The van der Waals surface area contributed by atoms with Gasteiger partial charge in [-0.2, -0.15) is 0 Å². The Morgan fingerprint density at radius 3 is 2.76 bits per heavy atom. The molecule has 0 saturated heterocycles. The molecule has 2 aromatic rings. The highest BCUT2D eigenvalue weighted by Crippen LogP contribution is 2.41. The van der Waals surface area contributed by atoms with Gasteiger partial charge >= 0.3 is 5.97 Å². The summed E-state index contributed by atoms with van der Waals surface area (Å²) in [4.78, 5) is 31.8. The SMILES string of the molecule is CC=CC=CC(=O)N1CCc2ccc(OCCc3coc(/C(C)=C\CC)n3)cc2C1C(C(=O)O)C(C)(C)N. The largest absolute Gasteiger partial charge is 0.493 e. The second kappa shape index (κ2) is 12.7. The van der Waals surface area contributed by atoms with Crippen LogP contribution in [0.1, 0.15) is 69.8 Å². The van der Waals surface area contributed by atoms with Crippen LogP contribution in [0.2, 0.25) is 0 Å². The lowest BCUT2D eigenvalue weighted by atomic mass is 9.75. The van der Waals surface area contributed by atoms with Gasteiger partial charge < -0.3 is 24.9 Å². The third-order valence-corrected chi connectivity index (χ3v) is 6.63. The van der Waals surface area contributed by atoms with Gasteiger partial charge in [-0.25, -0.2) is 4.98 Å². The molecule has 1 aromatic heterocycles. The fraction of sp³-hybridized carbons (Fsp3) is 0.433. The van der Waals surface area contributed by atoms with Gasteiger partial charge in [0.2, 0.25) is 11.8 Å². The molecule has 2 heterocycles. The number of aromatic nitrogens is 1. The zero-order chi connectivity index (χ0) is 27.9. The minimum Gasteiger partial charge on any atom is -0.493 e. The molecule has 1 aliphatic rings. The van der Waals surface area contributed by atoms with Crippen molar-refractivity contribution in [1.82, 2.24) is 9.88 Å². The Morgan fingerprint density at radius 2 is 2.11 bits per heavy atom. The average molecular weight is 522 g/mol. The molecule has 0 radical (unpaired) electrons. The Labute approximate surface area is 224 Å². The van der Waals surface area contributed by atoms with Gasteiger partial charge in [-0.15, -0.1) is 0 Å². The number of rotatable bonds is 11. The molecule has 1 aromatic carbocycles. The van der Waals surface area contributed by atoms with E-state index < -0.39 is 23.5 Å². The summed E-state index contributed by atoms with van der Waals surface area (Å²) < 4.78 is 11.6. The van der Waals surface area contributed by atoms with Crippen molar-refractivity contribution in [2.75, 3.05) is 13.2 Å². The number of hydrogen-bond acceptors (Lipinski definition) is 6. The van der Waals surface area contributed by atoms with Crippen LogP contribution in [0, 0.1) is 5.92 Å². The molecule has 3 N–H and O–H groups in total. The number of nitrogens with zero attached hydrogens (tertiary/aromatic N) is 2. The van der Waals surface area contributed by atoms with Crippen molar-refractivity contribution in [2.45, 2.75) is 65.5 Å². The lowest BCUT2D eigenvalue weighted by Gasteiger charge is -2.44. The quantitative estimate of drug-likeness (QED) is 0.312. The van der Waals surface area contributed by atoms with Gasteiger partial charge in [-0.05, 0) is 63.8 Å². The van der Waals surface area contributed by atoms with Crippen molar-refractivity contribution in [2.24, 2.45) is 11.7 Å². The van der Waals surface area contributed by atoms with Gasteiger partial charge in [0.25, 0.3) is 0 Å². The van der Waals surface area contributed by atoms with E-state index in [1.165, 1.54) is 6.08 Å². The predicted octanol–water partition coefficient (Wildman–Crippen LogP) is 5.11. The minimum atomic E-state index is -1.08. The monoisotopic (exact) mass is 521 g/mol. The first-order valence-corrected chi connectivity index (χ1v) is 13.1. The molecule has 1 amide bonds. The molecule has 0 bridgehead atoms. The molecule has 8 heteroatoms. The summed E-state index contributed by atoms with van der Waals surface area (Å²) in [6, 6.07) is 4.93. The standard InChI is InChI=1S/C30H39N3O5/c1-6-8-9-11-25(34)33-16-14-21-12-13-23(18-24(21)27(33)26(29(35)36)30(4,5)31)37-17-15-22-19-38-28(32-22)20(3)10-7-2/h6,8-13,18-19,26-27H,7,14-17,31H2,1-5H3,(H,35,36)/b8-6?,11-9?,20-10-. The Kier molecular flexibility index (Phi) is 9.69. The number of nitrogens with two attached hydrogens (primary N) is 1. The van der Waals surface area contributed by atoms with Crippen LogP contribution in [-0.2, 0) is 22.4 Å². The third kappa shape index (κ3) is 7.01. The molecule has 0 aliphatic carbocycles. The van der Waals surface area contributed by atoms with Crippen LogP contribution in [0.5, 0.6) is 5.75 Å². The fourth-order valence-electron chi connectivity index (χ4n) is 4.80. The number of benzene rings is 1. The number of carboxylic acid groups (broad SMARTS) is 1. The molecule has 38 heavy (non-hydrogen) atoms. The lowest BCUT2D eigenvalue weighted by molar-refractivity contribution is -0.149. The first kappa shape index (κ1) is 28.9. The second-order valence-corrected chi connectivity index (χ2v) is 10.1. The van der Waals surface area contributed by atoms with Crippen molar-refractivity contribution in [3.05, 3.63) is 77.6 Å². The number of ether oxygens (including phenoxy) is 1. The molecule has 3 rings (SSSR count). The average Bonchev–Trinajstić information content (AvgIpc) is 3.32. The van der Waals surface area contributed by atoms with Gasteiger partial charge in [-0.1, -0.05) is 37.3 Å². The molecule has 0 fully saturated rings. The molecule has 0 spiro atoms. The predicted molar refractivity (Wildman–Crippen MR) is 148 cm³/mol. The molecule has 2 unspecified atom stereocenters. The van der Waals surface area contributed by atoms with E-state index in [2.05, 4.69) is 18.0 Å². The summed E-state index contributed by atoms with van der Waals surface area (Å²) in [6.45, 7) is 10.0. The number of allylic oxidation sites excluding steroid dienone is 5. The molecule has 204 valence electrons. The van der Waals surface area contributed by atoms with E-state index in [1.54, 1.807) is 37.2 Å². The van der Waals surface area contributed by atoms with Crippen molar-refractivity contribution in [3.63, 3.8) is 0 Å². The normalized spacial score (nSPS) is 17.2. The maximum absolute atomic E-state index is 13.2. The molecule has 0 saturated carbocycles. The van der Waals surface area contributed by atoms with Crippen LogP contribution >= 0.6 is 0 Å². The number of carboxylic acids is 1. The van der Waals surface area contributed by atoms with Crippen LogP contribution in [-0.4, -0.2) is 45.6 Å². The van der Waals surface area contributed by atoms with Crippen LogP contribution in [0.3, 0.4) is 0 Å². The third-order valence-electron chi connectivity index (χ3n) is 6.63. The first-order valence-electron chi connectivity index (χ1n) is 13.1. The van der Waals surface area contributed by atoms with Crippen LogP contribution < -0.4 is 10.5 Å². The Balaban J connectivity index is 1.87. The number of fused-ring (bicyclic) bond motifs is 1. The van der Waals surface area contributed by atoms with Gasteiger partial charge in [0.05, 0.1) is 24.3 Å². The summed E-state index contributed by atoms with van der Waals surface area (Å²) in [6.07, 6.45) is 12.5. The summed E-state index contributed by atoms with van der Waals surface area (Å²) >= 11 is 0. The van der Waals surface area contributed by atoms with E-state index in [0.29, 0.717) is 37.6 Å². The number of carbonyl (C=O) groups is 2. The van der Waals surface area contributed by atoms with Crippen molar-refractivity contribution < 1.29 is 23.8 Å². The maximum atomic E-state index is 13.2. The smallest absolute Gasteiger partial charge is 0.310 e. The zero-order valence-corrected chi connectivity index (χ0v) is 22.9. The number of hydrogen-bond donors (Lipinski definition) is 2. The number of oxazole rings is 1. The topological polar surface area (TPSA) is 119 Å². The first-order chi connectivity index (χ1) is 18.1. The van der Waals surface area contributed by atoms with Gasteiger partial charge in [0.15, 0.2) is 0 Å². The van der Waals surface area contributed by atoms with Crippen molar-refractivity contribution in [1.29, 1.82) is 0 Å². The van der Waals surface area contributed by atoms with Gasteiger partial charge in [0, 0.05) is 30.2 Å². The minimum absolute atomic E-state index is 0.255. The van der Waals surface area contributed by atoms with Crippen LogP contribution in [0.4, 0.5) is 0 Å². The van der Waals surface area contributed by atoms with Crippen molar-refractivity contribution >= 4 is 17.4 Å². The highest BCUT2D eigenvalue weighted by molar-refractivity contribution is 5.89. The highest BCUT2D eigenvalue weighted by Gasteiger charge is 2.45. The van der Waals surface area contributed by atoms with E-state index in [1.807, 2.05) is 38.1 Å². The van der Waals surface area contributed by atoms with E-state index in [9.17, 15) is 14.7 Å². The Bertz CT molecular complexity index is 1220. The van der Waals surface area contributed by atoms with E-state index in [-0.39, 0.29) is 5.91 Å². The molecule has 8 nitrogen and oxygen atoms in total. The number of carbonyl (C=O) groups excluding carboxylic acids is 1. The molecular formula is C30H39N3O5. The Morgan fingerprint density at radius 1 is 1.34 bits per heavy atom. The lowest BCUT2D eigenvalue weighted by Crippen LogP contribution is -2.54. The maximum Gasteiger partial charge on any atom is 0.310 e. The summed E-state index contributed by atoms with van der Waals surface area (Å²) in [5.41, 5.74) is 8.82. The molecular weight excluding hydrogens is 482 g/mol. The molecule has 1 aliphatic heterocycles. The molecule has 2 atom stereocenters. The van der Waals surface area contributed by atoms with E-state index >= 15 is 0 Å².